The molecule has 1 fully saturated rings. The van der Waals surface area contributed by atoms with Crippen LogP contribution in [-0.4, -0.2) is 120 Å². The summed E-state index contributed by atoms with van der Waals surface area (Å²) >= 11 is 0. The van der Waals surface area contributed by atoms with Crippen molar-refractivity contribution in [3.63, 3.8) is 0 Å². The van der Waals surface area contributed by atoms with Crippen LogP contribution in [0.5, 0.6) is 0 Å². The predicted octanol–water partition coefficient (Wildman–Crippen LogP) is -3.28. The number of carbonyl (C=O) groups excluding carboxylic acids is 5. The molecule has 2 rings (SSSR count). The number of aliphatic hydroxyl groups is 2. The number of hydrogen-bond donors (Lipinski definition) is 10. The first-order chi connectivity index (χ1) is 21.4. The molecule has 0 bridgehead atoms. The van der Waals surface area contributed by atoms with Crippen molar-refractivity contribution < 1.29 is 53.1 Å². The summed E-state index contributed by atoms with van der Waals surface area (Å²) in [6.07, 6.45) is 1.01. The van der Waals surface area contributed by atoms with Crippen molar-refractivity contribution in [3.8, 4) is 0 Å². The number of primary amides is 1. The number of nitrogens with one attached hydrogen (secondary N) is 5. The summed E-state index contributed by atoms with van der Waals surface area (Å²) in [5.41, 5.74) is 5.71. The minimum atomic E-state index is -5.07. The number of nitrogens with zero attached hydrogens (tertiary/aromatic N) is 2. The average molecular weight is 677 g/mol. The molecular weight excluding hydrogens is 631 g/mol. The number of rotatable bonds is 18. The van der Waals surface area contributed by atoms with E-state index in [2.05, 4.69) is 35.8 Å². The number of phosphoric ester groups is 1. The number of aliphatic hydroxyl groups excluding tert-OH is 2. The van der Waals surface area contributed by atoms with Crippen molar-refractivity contribution in [1.29, 1.82) is 0 Å². The third-order valence-electron chi connectivity index (χ3n) is 7.25. The van der Waals surface area contributed by atoms with E-state index in [4.69, 9.17) is 15.5 Å². The number of carbonyl (C=O) groups is 5. The Morgan fingerprint density at radius 2 is 1.78 bits per heavy atom. The molecule has 7 unspecified atom stereocenters. The number of imidazole rings is 1. The molecule has 1 aromatic rings. The quantitative estimate of drug-likeness (QED) is 0.0540. The summed E-state index contributed by atoms with van der Waals surface area (Å²) in [5, 5.41) is 31.1. The fraction of sp³-hybridized carbons (Fsp3) is 0.692. The van der Waals surface area contributed by atoms with E-state index in [1.165, 1.54) is 24.3 Å². The minimum Gasteiger partial charge on any atom is -0.394 e. The zero-order chi connectivity index (χ0) is 34.8. The van der Waals surface area contributed by atoms with Crippen LogP contribution in [0.15, 0.2) is 12.5 Å². The van der Waals surface area contributed by atoms with Gasteiger partial charge in [-0.2, -0.15) is 0 Å². The molecular formula is C26H45N8O11P. The van der Waals surface area contributed by atoms with E-state index in [1.807, 2.05) is 13.8 Å². The number of H-pyrrole nitrogens is 1. The second kappa shape index (κ2) is 17.5. The SMILES string of the molecule is CC(=O)N1CCCC1C(=O)NC(CC(C)C)C(O)NC(Cc1cnc[nH]1)C(=O)NC(CO)C(=O)NC(C(N)=O)C(C)OP(=O)(O)O. The van der Waals surface area contributed by atoms with Crippen LogP contribution in [0.25, 0.3) is 0 Å². The minimum absolute atomic E-state index is 0.00766. The Bertz CT molecular complexity index is 1240. The van der Waals surface area contributed by atoms with Gasteiger partial charge in [-0.25, -0.2) is 9.55 Å². The van der Waals surface area contributed by atoms with Gasteiger partial charge in [0, 0.05) is 31.8 Å². The van der Waals surface area contributed by atoms with E-state index >= 15 is 0 Å². The second-order valence-corrected chi connectivity index (χ2v) is 12.7. The normalized spacial score (nSPS) is 19.1. The van der Waals surface area contributed by atoms with Crippen LogP contribution in [0.4, 0.5) is 0 Å². The first kappa shape index (κ1) is 38.7. The molecule has 2 heterocycles. The van der Waals surface area contributed by atoms with Crippen LogP contribution in [0.3, 0.4) is 0 Å². The molecule has 0 spiro atoms. The van der Waals surface area contributed by atoms with Crippen molar-refractivity contribution in [2.75, 3.05) is 13.2 Å². The van der Waals surface area contributed by atoms with Gasteiger partial charge in [-0.3, -0.25) is 33.8 Å². The second-order valence-electron chi connectivity index (χ2n) is 11.5. The van der Waals surface area contributed by atoms with Crippen LogP contribution < -0.4 is 27.0 Å². The van der Waals surface area contributed by atoms with Crippen molar-refractivity contribution in [3.05, 3.63) is 18.2 Å². The van der Waals surface area contributed by atoms with Crippen LogP contribution in [0.2, 0.25) is 0 Å². The van der Waals surface area contributed by atoms with E-state index in [0.717, 1.165) is 6.92 Å². The van der Waals surface area contributed by atoms with Crippen molar-refractivity contribution in [2.45, 2.75) is 95.9 Å². The monoisotopic (exact) mass is 676 g/mol. The van der Waals surface area contributed by atoms with Crippen molar-refractivity contribution in [2.24, 2.45) is 11.7 Å². The molecule has 260 valence electrons. The summed E-state index contributed by atoms with van der Waals surface area (Å²) < 4.78 is 15.6. The van der Waals surface area contributed by atoms with E-state index in [1.54, 1.807) is 0 Å². The number of hydrogen-bond acceptors (Lipinski definition) is 11. The molecule has 1 aliphatic rings. The van der Waals surface area contributed by atoms with Gasteiger partial charge in [0.25, 0.3) is 0 Å². The van der Waals surface area contributed by atoms with Gasteiger partial charge < -0.3 is 51.6 Å². The highest BCUT2D eigenvalue weighted by Gasteiger charge is 2.37. The summed E-state index contributed by atoms with van der Waals surface area (Å²) in [4.78, 5) is 89.7. The molecule has 1 aromatic heterocycles. The summed E-state index contributed by atoms with van der Waals surface area (Å²) in [7, 11) is -5.07. The molecule has 0 aliphatic carbocycles. The number of aromatic amines is 1. The standard InChI is InChI=1S/C26H45N8O11P/c1-13(2)8-17(31-26(41)20-6-5-7-34(20)15(4)36)23(38)30-18(9-16-10-28-12-29-16)24(39)32-19(11-35)25(40)33-21(22(27)37)14(3)45-46(42,43)44/h10,12-14,17-21,23,30,35,38H,5-9,11H2,1-4H3,(H2,27,37)(H,28,29)(H,31,41)(H,32,39)(H,33,40)(H2,42,43,44). The Hall–Kier alpha value is -3.45. The van der Waals surface area contributed by atoms with Gasteiger partial charge in [-0.05, 0) is 32.1 Å². The lowest BCUT2D eigenvalue weighted by Crippen LogP contribution is -2.62. The summed E-state index contributed by atoms with van der Waals surface area (Å²) in [6.45, 7) is 5.66. The Morgan fingerprint density at radius 3 is 2.30 bits per heavy atom. The van der Waals surface area contributed by atoms with E-state index in [-0.39, 0.29) is 24.7 Å². The predicted molar refractivity (Wildman–Crippen MR) is 160 cm³/mol. The highest BCUT2D eigenvalue weighted by molar-refractivity contribution is 7.46. The van der Waals surface area contributed by atoms with Crippen LogP contribution in [0.1, 0.15) is 52.7 Å². The third-order valence-corrected chi connectivity index (χ3v) is 7.86. The first-order valence-corrected chi connectivity index (χ1v) is 16.2. The fourth-order valence-electron chi connectivity index (χ4n) is 5.05. The number of amides is 5. The topological polar surface area (TPSA) is 299 Å². The molecule has 20 heteroatoms. The first-order valence-electron chi connectivity index (χ1n) is 14.7. The summed E-state index contributed by atoms with van der Waals surface area (Å²) in [5.74, 6) is -3.93. The van der Waals surface area contributed by atoms with Crippen LogP contribution in [-0.2, 0) is 39.5 Å². The highest BCUT2D eigenvalue weighted by atomic mass is 31.2. The molecule has 46 heavy (non-hydrogen) atoms. The van der Waals surface area contributed by atoms with E-state index in [0.29, 0.717) is 25.1 Å². The van der Waals surface area contributed by atoms with Gasteiger partial charge in [0.05, 0.1) is 31.1 Å². The Balaban J connectivity index is 2.22. The Morgan fingerprint density at radius 1 is 1.13 bits per heavy atom. The maximum absolute atomic E-state index is 13.5. The molecule has 19 nitrogen and oxygen atoms in total. The molecule has 1 saturated heterocycles. The molecule has 0 aromatic carbocycles. The number of aromatic nitrogens is 2. The van der Waals surface area contributed by atoms with Gasteiger partial charge in [0.2, 0.25) is 29.5 Å². The van der Waals surface area contributed by atoms with Crippen LogP contribution >= 0.6 is 7.82 Å². The van der Waals surface area contributed by atoms with E-state index < -0.39 is 80.6 Å². The lowest BCUT2D eigenvalue weighted by atomic mass is 10.0. The molecule has 11 N–H and O–H groups in total. The zero-order valence-corrected chi connectivity index (χ0v) is 27.0. The highest BCUT2D eigenvalue weighted by Crippen LogP contribution is 2.38. The third kappa shape index (κ3) is 12.1. The van der Waals surface area contributed by atoms with Gasteiger partial charge in [-0.15, -0.1) is 0 Å². The van der Waals surface area contributed by atoms with Gasteiger partial charge in [-0.1, -0.05) is 13.8 Å². The molecule has 5 amide bonds. The van der Waals surface area contributed by atoms with Gasteiger partial charge in [0.15, 0.2) is 0 Å². The maximum atomic E-state index is 13.5. The summed E-state index contributed by atoms with van der Waals surface area (Å²) in [6, 6.07) is -6.29. The number of nitrogens with two attached hydrogens (primary N) is 1. The van der Waals surface area contributed by atoms with Gasteiger partial charge in [0.1, 0.15) is 24.4 Å². The Kier molecular flexibility index (Phi) is 14.7. The molecule has 0 saturated carbocycles. The largest absolute Gasteiger partial charge is 0.469 e. The van der Waals surface area contributed by atoms with E-state index in [9.17, 15) is 38.8 Å². The molecule has 7 atom stereocenters. The van der Waals surface area contributed by atoms with Crippen molar-refractivity contribution >= 4 is 37.4 Å². The van der Waals surface area contributed by atoms with Crippen molar-refractivity contribution in [1.82, 2.24) is 36.1 Å². The number of likely N-dealkylation sites (tertiary alicyclic amines) is 1. The molecule has 1 aliphatic heterocycles. The zero-order valence-electron chi connectivity index (χ0n) is 26.1. The van der Waals surface area contributed by atoms with Gasteiger partial charge >= 0.3 is 7.82 Å². The smallest absolute Gasteiger partial charge is 0.394 e. The molecule has 0 radical (unpaired) electrons. The maximum Gasteiger partial charge on any atom is 0.469 e. The fourth-order valence-corrected chi connectivity index (χ4v) is 5.61. The average Bonchev–Trinajstić information content (AvgIpc) is 3.64. The lowest BCUT2D eigenvalue weighted by Gasteiger charge is -2.32. The Labute approximate surface area is 265 Å². The number of phosphoric acid groups is 1. The lowest BCUT2D eigenvalue weighted by molar-refractivity contribution is -0.138. The van der Waals surface area contributed by atoms with Crippen LogP contribution in [0, 0.1) is 5.92 Å².